The van der Waals surface area contributed by atoms with E-state index in [4.69, 9.17) is 0 Å². The van der Waals surface area contributed by atoms with E-state index in [-0.39, 0.29) is 11.6 Å². The van der Waals surface area contributed by atoms with Gasteiger partial charge in [0.15, 0.2) is 0 Å². The Morgan fingerprint density at radius 3 is 2.77 bits per heavy atom. The Morgan fingerprint density at radius 1 is 1.27 bits per heavy atom. The van der Waals surface area contributed by atoms with Crippen LogP contribution in [0.3, 0.4) is 0 Å². The second kappa shape index (κ2) is 8.33. The lowest BCUT2D eigenvalue weighted by atomic mass is 10.2. The maximum atomic E-state index is 12.1. The number of nitro groups is 1. The van der Waals surface area contributed by atoms with Crippen LogP contribution in [0.5, 0.6) is 0 Å². The first-order valence-electron chi connectivity index (χ1n) is 7.63. The second-order valence-corrected chi connectivity index (χ2v) is 5.32. The molecular formula is C15H22N4O3. The number of nitrogens with one attached hydrogen (secondary N) is 2. The summed E-state index contributed by atoms with van der Waals surface area (Å²) in [5.74, 6) is 0.203. The molecule has 0 radical (unpaired) electrons. The van der Waals surface area contributed by atoms with Crippen LogP contribution < -0.4 is 10.6 Å². The van der Waals surface area contributed by atoms with Crippen molar-refractivity contribution in [3.8, 4) is 0 Å². The molecule has 2 N–H and O–H groups in total. The Labute approximate surface area is 129 Å². The van der Waals surface area contributed by atoms with Crippen molar-refractivity contribution in [2.24, 2.45) is 0 Å². The highest BCUT2D eigenvalue weighted by atomic mass is 16.6. The first-order chi connectivity index (χ1) is 10.7. The van der Waals surface area contributed by atoms with Gasteiger partial charge in [0.2, 0.25) is 5.91 Å². The van der Waals surface area contributed by atoms with E-state index < -0.39 is 4.92 Å². The van der Waals surface area contributed by atoms with E-state index in [2.05, 4.69) is 10.6 Å². The standard InChI is InChI=1S/C15H22N4O3/c20-15(18-11-2-8-16-10-12-18)3-1-9-17-13-4-6-14(7-5-13)19(21)22/h4-7,16-17H,1-3,8-12H2. The average Bonchev–Trinajstić information content (AvgIpc) is 2.81. The molecule has 1 aliphatic rings. The zero-order chi connectivity index (χ0) is 15.8. The highest BCUT2D eigenvalue weighted by Gasteiger charge is 2.14. The molecule has 0 aliphatic carbocycles. The van der Waals surface area contributed by atoms with Gasteiger partial charge in [-0.25, -0.2) is 0 Å². The number of anilines is 1. The monoisotopic (exact) mass is 306 g/mol. The molecule has 1 aliphatic heterocycles. The highest BCUT2D eigenvalue weighted by Crippen LogP contribution is 2.15. The van der Waals surface area contributed by atoms with Crippen molar-refractivity contribution in [1.29, 1.82) is 0 Å². The quantitative estimate of drug-likeness (QED) is 0.473. The fraction of sp³-hybridized carbons (Fsp3) is 0.533. The lowest BCUT2D eigenvalue weighted by Crippen LogP contribution is -2.34. The van der Waals surface area contributed by atoms with Gasteiger partial charge in [0.05, 0.1) is 4.92 Å². The molecule has 1 fully saturated rings. The molecule has 0 spiro atoms. The first-order valence-corrected chi connectivity index (χ1v) is 7.63. The summed E-state index contributed by atoms with van der Waals surface area (Å²) in [6, 6.07) is 6.30. The topological polar surface area (TPSA) is 87.5 Å². The molecule has 0 atom stereocenters. The van der Waals surface area contributed by atoms with Crippen LogP contribution in [-0.4, -0.2) is 48.5 Å². The van der Waals surface area contributed by atoms with Crippen molar-refractivity contribution in [2.75, 3.05) is 38.0 Å². The summed E-state index contributed by atoms with van der Waals surface area (Å²) in [4.78, 5) is 24.1. The zero-order valence-corrected chi connectivity index (χ0v) is 12.6. The Morgan fingerprint density at radius 2 is 2.05 bits per heavy atom. The zero-order valence-electron chi connectivity index (χ0n) is 12.6. The van der Waals surface area contributed by atoms with E-state index in [0.29, 0.717) is 13.0 Å². The molecule has 7 nitrogen and oxygen atoms in total. The summed E-state index contributed by atoms with van der Waals surface area (Å²) in [6.07, 6.45) is 2.28. The van der Waals surface area contributed by atoms with Gasteiger partial charge >= 0.3 is 0 Å². The molecule has 0 bridgehead atoms. The smallest absolute Gasteiger partial charge is 0.269 e. The number of hydrogen-bond acceptors (Lipinski definition) is 5. The summed E-state index contributed by atoms with van der Waals surface area (Å²) in [5, 5.41) is 17.0. The molecule has 120 valence electrons. The van der Waals surface area contributed by atoms with E-state index in [1.54, 1.807) is 12.1 Å². The number of carbonyl (C=O) groups excluding carboxylic acids is 1. The van der Waals surface area contributed by atoms with Crippen LogP contribution >= 0.6 is 0 Å². The number of hydrogen-bond donors (Lipinski definition) is 2. The Bertz CT molecular complexity index is 496. The molecule has 1 saturated heterocycles. The number of amides is 1. The van der Waals surface area contributed by atoms with Gasteiger partial charge in [0.1, 0.15) is 0 Å². The summed E-state index contributed by atoms with van der Waals surface area (Å²) in [6.45, 7) is 4.14. The van der Waals surface area contributed by atoms with Crippen LogP contribution in [0.2, 0.25) is 0 Å². The van der Waals surface area contributed by atoms with Gasteiger partial charge in [-0.3, -0.25) is 14.9 Å². The predicted molar refractivity (Wildman–Crippen MR) is 84.9 cm³/mol. The van der Waals surface area contributed by atoms with Crippen LogP contribution in [0.15, 0.2) is 24.3 Å². The molecule has 1 heterocycles. The van der Waals surface area contributed by atoms with Crippen molar-refractivity contribution in [3.05, 3.63) is 34.4 Å². The molecule has 1 aromatic rings. The average molecular weight is 306 g/mol. The molecule has 7 heteroatoms. The van der Waals surface area contributed by atoms with Crippen molar-refractivity contribution < 1.29 is 9.72 Å². The summed E-state index contributed by atoms with van der Waals surface area (Å²) in [5.41, 5.74) is 0.910. The van der Waals surface area contributed by atoms with Gasteiger partial charge in [-0.1, -0.05) is 0 Å². The SMILES string of the molecule is O=C(CCCNc1ccc([N+](=O)[O-])cc1)N1CCCNCC1. The molecule has 1 aromatic carbocycles. The number of rotatable bonds is 6. The molecule has 1 amide bonds. The van der Waals surface area contributed by atoms with Gasteiger partial charge in [-0.15, -0.1) is 0 Å². The lowest BCUT2D eigenvalue weighted by Gasteiger charge is -2.19. The van der Waals surface area contributed by atoms with Gasteiger partial charge in [0, 0.05) is 50.4 Å². The Kier molecular flexibility index (Phi) is 6.14. The minimum absolute atomic E-state index is 0.0792. The van der Waals surface area contributed by atoms with Crippen LogP contribution in [0.25, 0.3) is 0 Å². The number of benzene rings is 1. The van der Waals surface area contributed by atoms with Gasteiger partial charge in [-0.05, 0) is 31.5 Å². The maximum absolute atomic E-state index is 12.1. The summed E-state index contributed by atoms with van der Waals surface area (Å²) in [7, 11) is 0. The van der Waals surface area contributed by atoms with Crippen LogP contribution in [0.1, 0.15) is 19.3 Å². The van der Waals surface area contributed by atoms with Gasteiger partial charge < -0.3 is 15.5 Å². The molecule has 22 heavy (non-hydrogen) atoms. The van der Waals surface area contributed by atoms with Crippen molar-refractivity contribution in [3.63, 3.8) is 0 Å². The Hall–Kier alpha value is -2.15. The van der Waals surface area contributed by atoms with Crippen molar-refractivity contribution in [2.45, 2.75) is 19.3 Å². The van der Waals surface area contributed by atoms with Crippen LogP contribution in [0, 0.1) is 10.1 Å². The molecule has 0 aromatic heterocycles. The third-order valence-corrected chi connectivity index (χ3v) is 3.67. The number of nitrogens with zero attached hydrogens (tertiary/aromatic N) is 2. The van der Waals surface area contributed by atoms with E-state index >= 15 is 0 Å². The lowest BCUT2D eigenvalue weighted by molar-refractivity contribution is -0.384. The number of carbonyl (C=O) groups is 1. The number of non-ortho nitro benzene ring substituents is 1. The van der Waals surface area contributed by atoms with E-state index in [9.17, 15) is 14.9 Å². The largest absolute Gasteiger partial charge is 0.385 e. The fourth-order valence-electron chi connectivity index (χ4n) is 2.43. The van der Waals surface area contributed by atoms with E-state index in [1.165, 1.54) is 12.1 Å². The molecular weight excluding hydrogens is 284 g/mol. The molecule has 0 saturated carbocycles. The fourth-order valence-corrected chi connectivity index (χ4v) is 2.43. The summed E-state index contributed by atoms with van der Waals surface area (Å²) < 4.78 is 0. The van der Waals surface area contributed by atoms with E-state index in [1.807, 2.05) is 4.90 Å². The van der Waals surface area contributed by atoms with Gasteiger partial charge in [-0.2, -0.15) is 0 Å². The first kappa shape index (κ1) is 16.2. The molecule has 0 unspecified atom stereocenters. The molecule has 2 rings (SSSR count). The van der Waals surface area contributed by atoms with Gasteiger partial charge in [0.25, 0.3) is 5.69 Å². The minimum Gasteiger partial charge on any atom is -0.385 e. The van der Waals surface area contributed by atoms with Crippen molar-refractivity contribution >= 4 is 17.3 Å². The number of nitro benzene ring substituents is 1. The Balaban J connectivity index is 1.67. The maximum Gasteiger partial charge on any atom is 0.269 e. The summed E-state index contributed by atoms with van der Waals surface area (Å²) >= 11 is 0. The van der Waals surface area contributed by atoms with Crippen LogP contribution in [-0.2, 0) is 4.79 Å². The van der Waals surface area contributed by atoms with E-state index in [0.717, 1.165) is 44.7 Å². The van der Waals surface area contributed by atoms with Crippen LogP contribution in [0.4, 0.5) is 11.4 Å². The normalized spacial score (nSPS) is 15.2. The second-order valence-electron chi connectivity index (χ2n) is 5.32. The minimum atomic E-state index is -0.418. The highest BCUT2D eigenvalue weighted by molar-refractivity contribution is 5.76. The van der Waals surface area contributed by atoms with Crippen molar-refractivity contribution in [1.82, 2.24) is 10.2 Å². The predicted octanol–water partition coefficient (Wildman–Crippen LogP) is 1.61. The third kappa shape index (κ3) is 5.00. The third-order valence-electron chi connectivity index (χ3n) is 3.67.